The minimum Gasteiger partial charge on any atom is -0.379 e. The summed E-state index contributed by atoms with van der Waals surface area (Å²) in [5.74, 6) is 0. The van der Waals surface area contributed by atoms with Gasteiger partial charge in [-0.25, -0.2) is 0 Å². The van der Waals surface area contributed by atoms with Gasteiger partial charge < -0.3 is 9.47 Å². The lowest BCUT2D eigenvalue weighted by molar-refractivity contribution is -0.0116. The lowest BCUT2D eigenvalue weighted by Gasteiger charge is -2.36. The van der Waals surface area contributed by atoms with E-state index in [1.54, 1.807) is 0 Å². The van der Waals surface area contributed by atoms with E-state index < -0.39 is 0 Å². The summed E-state index contributed by atoms with van der Waals surface area (Å²) in [4.78, 5) is 2.54. The monoisotopic (exact) mass is 325 g/mol. The summed E-state index contributed by atoms with van der Waals surface area (Å²) in [5, 5.41) is 0. The number of morpholine rings is 1. The number of hydrogen-bond acceptors (Lipinski definition) is 3. The van der Waals surface area contributed by atoms with Crippen molar-refractivity contribution in [2.75, 3.05) is 32.9 Å². The van der Waals surface area contributed by atoms with Gasteiger partial charge in [-0.2, -0.15) is 0 Å². The van der Waals surface area contributed by atoms with Crippen LogP contribution in [0.15, 0.2) is 60.7 Å². The lowest BCUT2D eigenvalue weighted by Crippen LogP contribution is -2.39. The predicted octanol–water partition coefficient (Wildman–Crippen LogP) is 4.23. The van der Waals surface area contributed by atoms with E-state index >= 15 is 0 Å². The maximum absolute atomic E-state index is 6.11. The first-order chi connectivity index (χ1) is 11.9. The Balaban J connectivity index is 1.83. The van der Waals surface area contributed by atoms with Gasteiger partial charge in [0.25, 0.3) is 0 Å². The molecule has 0 saturated carbocycles. The van der Waals surface area contributed by atoms with Crippen LogP contribution in [0, 0.1) is 0 Å². The van der Waals surface area contributed by atoms with Crippen molar-refractivity contribution < 1.29 is 9.47 Å². The summed E-state index contributed by atoms with van der Waals surface area (Å²) in [7, 11) is 0. The maximum atomic E-state index is 6.11. The Bertz CT molecular complexity index is 581. The summed E-state index contributed by atoms with van der Waals surface area (Å²) in [6.45, 7) is 6.38. The van der Waals surface area contributed by atoms with Crippen molar-refractivity contribution in [1.29, 1.82) is 0 Å². The molecule has 128 valence electrons. The molecule has 1 aliphatic heterocycles. The zero-order valence-electron chi connectivity index (χ0n) is 14.4. The molecule has 0 aliphatic carbocycles. The normalized spacial score (nSPS) is 18.2. The molecule has 2 atom stereocenters. The molecule has 24 heavy (non-hydrogen) atoms. The third-order valence-electron chi connectivity index (χ3n) is 4.65. The van der Waals surface area contributed by atoms with E-state index in [-0.39, 0.29) is 6.10 Å². The van der Waals surface area contributed by atoms with Crippen molar-refractivity contribution >= 4 is 0 Å². The average molecular weight is 325 g/mol. The Morgan fingerprint density at radius 3 is 2.08 bits per heavy atom. The van der Waals surface area contributed by atoms with Gasteiger partial charge >= 0.3 is 0 Å². The topological polar surface area (TPSA) is 21.7 Å². The molecule has 1 fully saturated rings. The van der Waals surface area contributed by atoms with E-state index in [2.05, 4.69) is 72.5 Å². The molecule has 0 aromatic heterocycles. The summed E-state index contributed by atoms with van der Waals surface area (Å²) in [6.07, 6.45) is 1.08. The van der Waals surface area contributed by atoms with Crippen LogP contribution in [-0.2, 0) is 9.47 Å². The van der Waals surface area contributed by atoms with E-state index in [9.17, 15) is 0 Å². The Kier molecular flexibility index (Phi) is 6.41. The molecule has 3 heteroatoms. The number of hydrogen-bond donors (Lipinski definition) is 0. The Hall–Kier alpha value is -1.68. The fraction of sp³-hybridized carbons (Fsp3) is 0.429. The molecule has 0 N–H and O–H groups in total. The Labute approximate surface area is 145 Å². The van der Waals surface area contributed by atoms with Crippen LogP contribution in [0.2, 0.25) is 0 Å². The Morgan fingerprint density at radius 2 is 1.50 bits per heavy atom. The standard InChI is InChI=1S/C21H27NO2/c1-2-24-21(19-11-7-4-8-12-19)17-20(18-9-5-3-6-10-18)22-13-15-23-16-14-22/h3-12,20-21H,2,13-17H2,1H3/t20-,21+/m1/s1. The fourth-order valence-corrected chi connectivity index (χ4v) is 3.43. The van der Waals surface area contributed by atoms with Gasteiger partial charge in [-0.3, -0.25) is 4.90 Å². The van der Waals surface area contributed by atoms with Crippen LogP contribution >= 0.6 is 0 Å². The largest absolute Gasteiger partial charge is 0.379 e. The van der Waals surface area contributed by atoms with Gasteiger partial charge in [0.1, 0.15) is 0 Å². The lowest BCUT2D eigenvalue weighted by atomic mass is 9.95. The van der Waals surface area contributed by atoms with Crippen LogP contribution in [0.3, 0.4) is 0 Å². The molecule has 0 unspecified atom stereocenters. The van der Waals surface area contributed by atoms with Crippen molar-refractivity contribution in [2.24, 2.45) is 0 Å². The van der Waals surface area contributed by atoms with Crippen LogP contribution in [-0.4, -0.2) is 37.8 Å². The molecule has 3 rings (SSSR count). The molecule has 3 nitrogen and oxygen atoms in total. The van der Waals surface area contributed by atoms with Gasteiger partial charge in [-0.1, -0.05) is 60.7 Å². The van der Waals surface area contributed by atoms with Gasteiger partial charge in [-0.15, -0.1) is 0 Å². The van der Waals surface area contributed by atoms with Crippen molar-refractivity contribution in [1.82, 2.24) is 4.90 Å². The molecule has 0 bridgehead atoms. The van der Waals surface area contributed by atoms with E-state index in [1.807, 2.05) is 0 Å². The first-order valence-corrected chi connectivity index (χ1v) is 8.91. The molecule has 1 heterocycles. The van der Waals surface area contributed by atoms with E-state index in [4.69, 9.17) is 9.47 Å². The molecule has 1 aliphatic rings. The average Bonchev–Trinajstić information content (AvgIpc) is 2.67. The van der Waals surface area contributed by atoms with Crippen molar-refractivity contribution in [2.45, 2.75) is 25.5 Å². The highest BCUT2D eigenvalue weighted by Gasteiger charge is 2.26. The van der Waals surface area contributed by atoms with Crippen LogP contribution in [0.4, 0.5) is 0 Å². The van der Waals surface area contributed by atoms with Crippen molar-refractivity contribution in [3.63, 3.8) is 0 Å². The summed E-state index contributed by atoms with van der Waals surface area (Å²) >= 11 is 0. The second-order valence-corrected chi connectivity index (χ2v) is 6.17. The highest BCUT2D eigenvalue weighted by Crippen LogP contribution is 2.33. The zero-order chi connectivity index (χ0) is 16.6. The van der Waals surface area contributed by atoms with Gasteiger partial charge in [0.05, 0.1) is 19.3 Å². The Morgan fingerprint density at radius 1 is 0.917 bits per heavy atom. The van der Waals surface area contributed by atoms with Crippen LogP contribution in [0.25, 0.3) is 0 Å². The first-order valence-electron chi connectivity index (χ1n) is 8.91. The molecule has 0 radical (unpaired) electrons. The molecular formula is C21H27NO2. The fourth-order valence-electron chi connectivity index (χ4n) is 3.43. The minimum atomic E-state index is 0.115. The van der Waals surface area contributed by atoms with Crippen molar-refractivity contribution in [3.05, 3.63) is 71.8 Å². The molecule has 2 aromatic rings. The minimum absolute atomic E-state index is 0.115. The second-order valence-electron chi connectivity index (χ2n) is 6.17. The number of nitrogens with zero attached hydrogens (tertiary/aromatic N) is 1. The zero-order valence-corrected chi connectivity index (χ0v) is 14.4. The quantitative estimate of drug-likeness (QED) is 0.760. The third kappa shape index (κ3) is 4.44. The van der Waals surface area contributed by atoms with E-state index in [1.165, 1.54) is 11.1 Å². The highest BCUT2D eigenvalue weighted by atomic mass is 16.5. The van der Waals surface area contributed by atoms with Gasteiger partial charge in [-0.05, 0) is 24.5 Å². The highest BCUT2D eigenvalue weighted by molar-refractivity contribution is 5.22. The van der Waals surface area contributed by atoms with Gasteiger partial charge in [0.2, 0.25) is 0 Å². The SMILES string of the molecule is CCO[C@@H](C[C@H](c1ccccc1)N1CCOCC1)c1ccccc1. The van der Waals surface area contributed by atoms with E-state index in [0.29, 0.717) is 6.04 Å². The number of benzene rings is 2. The maximum Gasteiger partial charge on any atom is 0.0843 e. The smallest absolute Gasteiger partial charge is 0.0843 e. The van der Waals surface area contributed by atoms with Crippen LogP contribution in [0.1, 0.15) is 36.6 Å². The van der Waals surface area contributed by atoms with Crippen LogP contribution in [0.5, 0.6) is 0 Å². The molecule has 0 amide bonds. The number of ether oxygens (including phenoxy) is 2. The molecule has 1 saturated heterocycles. The number of rotatable bonds is 7. The van der Waals surface area contributed by atoms with Crippen LogP contribution < -0.4 is 0 Å². The summed E-state index contributed by atoms with van der Waals surface area (Å²) < 4.78 is 11.7. The van der Waals surface area contributed by atoms with Gasteiger partial charge in [0, 0.05) is 25.7 Å². The van der Waals surface area contributed by atoms with Crippen molar-refractivity contribution in [3.8, 4) is 0 Å². The molecule has 2 aromatic carbocycles. The molecular weight excluding hydrogens is 298 g/mol. The second kappa shape index (κ2) is 8.97. The third-order valence-corrected chi connectivity index (χ3v) is 4.65. The van der Waals surface area contributed by atoms with E-state index in [0.717, 1.165) is 39.3 Å². The predicted molar refractivity (Wildman–Crippen MR) is 97.0 cm³/mol. The summed E-state index contributed by atoms with van der Waals surface area (Å²) in [5.41, 5.74) is 2.62. The van der Waals surface area contributed by atoms with Gasteiger partial charge in [0.15, 0.2) is 0 Å². The molecule has 0 spiro atoms. The first kappa shape index (κ1) is 17.2. The summed E-state index contributed by atoms with van der Waals surface area (Å²) in [6, 6.07) is 21.7.